The van der Waals surface area contributed by atoms with Crippen LogP contribution >= 0.6 is 0 Å². The SMILES string of the molecule is C[C@@](C(=O)O[C@@H]1C[N+]2(CC(=O)Nc3cnccn3)CCC1CC2)(c1ccccc1)N1CCCCC1. The van der Waals surface area contributed by atoms with Crippen LogP contribution in [0.15, 0.2) is 48.9 Å². The third kappa shape index (κ3) is 4.95. The van der Waals surface area contributed by atoms with Crippen molar-refractivity contribution in [2.24, 2.45) is 5.92 Å². The van der Waals surface area contributed by atoms with Gasteiger partial charge in [0.15, 0.2) is 18.5 Å². The lowest BCUT2D eigenvalue weighted by molar-refractivity contribution is -0.939. The third-order valence-corrected chi connectivity index (χ3v) is 8.33. The van der Waals surface area contributed by atoms with Gasteiger partial charge in [0, 0.05) is 31.2 Å². The minimum Gasteiger partial charge on any atom is -0.454 e. The maximum Gasteiger partial charge on any atom is 0.331 e. The van der Waals surface area contributed by atoms with Crippen molar-refractivity contribution >= 4 is 17.7 Å². The Bertz CT molecular complexity index is 1020. The van der Waals surface area contributed by atoms with Crippen molar-refractivity contribution in [2.75, 3.05) is 44.6 Å². The average molecular weight is 479 g/mol. The van der Waals surface area contributed by atoms with Crippen molar-refractivity contribution in [1.82, 2.24) is 14.9 Å². The summed E-state index contributed by atoms with van der Waals surface area (Å²) >= 11 is 0. The van der Waals surface area contributed by atoms with E-state index in [1.165, 1.54) is 6.42 Å². The first kappa shape index (κ1) is 23.9. The molecular formula is C27H36N5O3+. The Labute approximate surface area is 207 Å². The summed E-state index contributed by atoms with van der Waals surface area (Å²) in [4.78, 5) is 37.2. The zero-order valence-electron chi connectivity index (χ0n) is 20.6. The first-order valence-corrected chi connectivity index (χ1v) is 12.9. The number of quaternary nitrogens is 1. The number of hydrogen-bond acceptors (Lipinski definition) is 6. The van der Waals surface area contributed by atoms with Crippen molar-refractivity contribution in [2.45, 2.75) is 50.7 Å². The summed E-state index contributed by atoms with van der Waals surface area (Å²) in [6.07, 6.45) is 9.89. The highest BCUT2D eigenvalue weighted by molar-refractivity contribution is 5.90. The topological polar surface area (TPSA) is 84.4 Å². The number of fused-ring (bicyclic) bond motifs is 3. The molecule has 1 amide bonds. The summed E-state index contributed by atoms with van der Waals surface area (Å²) in [5.41, 5.74) is 0.183. The first-order chi connectivity index (χ1) is 17.0. The van der Waals surface area contributed by atoms with E-state index in [-0.39, 0.29) is 18.0 Å². The molecular weight excluding hydrogens is 442 g/mol. The van der Waals surface area contributed by atoms with Crippen molar-refractivity contribution in [3.05, 3.63) is 54.5 Å². The maximum absolute atomic E-state index is 13.9. The fourth-order valence-corrected chi connectivity index (χ4v) is 6.21. The number of piperidine rings is 4. The van der Waals surface area contributed by atoms with Gasteiger partial charge in [0.25, 0.3) is 5.91 Å². The van der Waals surface area contributed by atoms with Gasteiger partial charge in [-0.05, 0) is 38.4 Å². The van der Waals surface area contributed by atoms with Crippen molar-refractivity contribution < 1.29 is 18.8 Å². The Balaban J connectivity index is 1.30. The molecule has 0 aliphatic carbocycles. The average Bonchev–Trinajstić information content (AvgIpc) is 2.90. The van der Waals surface area contributed by atoms with Crippen LogP contribution in [0.5, 0.6) is 0 Å². The fraction of sp³-hybridized carbons (Fsp3) is 0.556. The van der Waals surface area contributed by atoms with Crippen LogP contribution in [-0.4, -0.2) is 76.6 Å². The van der Waals surface area contributed by atoms with Gasteiger partial charge in [-0.1, -0.05) is 36.8 Å². The molecule has 4 fully saturated rings. The number of nitrogens with zero attached hydrogens (tertiary/aromatic N) is 4. The summed E-state index contributed by atoms with van der Waals surface area (Å²) in [6, 6.07) is 10.1. The summed E-state index contributed by atoms with van der Waals surface area (Å²) in [5.74, 6) is 0.596. The lowest BCUT2D eigenvalue weighted by Gasteiger charge is -2.52. The Morgan fingerprint density at radius 1 is 1.11 bits per heavy atom. The Morgan fingerprint density at radius 2 is 1.86 bits per heavy atom. The van der Waals surface area contributed by atoms with E-state index < -0.39 is 5.54 Å². The third-order valence-electron chi connectivity index (χ3n) is 8.33. The predicted molar refractivity (Wildman–Crippen MR) is 132 cm³/mol. The van der Waals surface area contributed by atoms with Gasteiger partial charge in [-0.15, -0.1) is 0 Å². The van der Waals surface area contributed by atoms with Crippen molar-refractivity contribution in [3.8, 4) is 0 Å². The standard InChI is InChI=1S/C27H35N5O3/c1-27(22-8-4-2-5-9-22,31-14-6-3-7-15-31)26(34)35-23-19-32(16-10-21(23)11-17-32)20-25(33)30-24-18-28-12-13-29-24/h2,4-5,8-9,12-13,18,21,23H,3,6-7,10-11,14-17,19-20H2,1H3/p+1/t21?,23-,27+,32?/m1/s1. The largest absolute Gasteiger partial charge is 0.454 e. The molecule has 4 aliphatic heterocycles. The molecule has 186 valence electrons. The molecule has 1 aromatic heterocycles. The second kappa shape index (κ2) is 10.0. The lowest BCUT2D eigenvalue weighted by atomic mass is 9.82. The van der Waals surface area contributed by atoms with Gasteiger partial charge in [0.2, 0.25) is 0 Å². The number of ether oxygens (including phenoxy) is 1. The molecule has 6 rings (SSSR count). The molecule has 1 N–H and O–H groups in total. The molecule has 0 spiro atoms. The minimum atomic E-state index is -0.804. The van der Waals surface area contributed by atoms with Crippen LogP contribution in [0.2, 0.25) is 0 Å². The number of anilines is 1. The number of rotatable bonds is 7. The zero-order valence-corrected chi connectivity index (χ0v) is 20.6. The van der Waals surface area contributed by atoms with E-state index in [4.69, 9.17) is 4.74 Å². The molecule has 8 nitrogen and oxygen atoms in total. The maximum atomic E-state index is 13.9. The van der Waals surface area contributed by atoms with Crippen LogP contribution in [0.1, 0.15) is 44.6 Å². The van der Waals surface area contributed by atoms with E-state index >= 15 is 0 Å². The van der Waals surface area contributed by atoms with Crippen LogP contribution in [0, 0.1) is 5.92 Å². The van der Waals surface area contributed by atoms with E-state index in [2.05, 4.69) is 20.2 Å². The van der Waals surface area contributed by atoms with Crippen molar-refractivity contribution in [3.63, 3.8) is 0 Å². The molecule has 35 heavy (non-hydrogen) atoms. The smallest absolute Gasteiger partial charge is 0.331 e. The second-order valence-corrected chi connectivity index (χ2v) is 10.5. The Kier molecular flexibility index (Phi) is 6.84. The highest BCUT2D eigenvalue weighted by Gasteiger charge is 2.51. The first-order valence-electron chi connectivity index (χ1n) is 12.9. The van der Waals surface area contributed by atoms with Gasteiger partial charge in [-0.3, -0.25) is 14.7 Å². The van der Waals surface area contributed by atoms with Gasteiger partial charge in [0.05, 0.1) is 19.3 Å². The fourth-order valence-electron chi connectivity index (χ4n) is 6.21. The van der Waals surface area contributed by atoms with E-state index in [0.717, 1.165) is 57.4 Å². The molecule has 4 aliphatic rings. The van der Waals surface area contributed by atoms with E-state index in [9.17, 15) is 9.59 Å². The summed E-state index contributed by atoms with van der Waals surface area (Å²) in [7, 11) is 0. The summed E-state index contributed by atoms with van der Waals surface area (Å²) in [6.45, 7) is 6.75. The summed E-state index contributed by atoms with van der Waals surface area (Å²) < 4.78 is 7.03. The van der Waals surface area contributed by atoms with Gasteiger partial charge >= 0.3 is 5.97 Å². The van der Waals surface area contributed by atoms with Crippen molar-refractivity contribution in [1.29, 1.82) is 0 Å². The molecule has 0 unspecified atom stereocenters. The number of likely N-dealkylation sites (tertiary alicyclic amines) is 1. The number of hydrogen-bond donors (Lipinski definition) is 1. The number of amides is 1. The Hall–Kier alpha value is -2.84. The predicted octanol–water partition coefficient (Wildman–Crippen LogP) is 2.97. The van der Waals surface area contributed by atoms with Crippen LogP contribution in [0.25, 0.3) is 0 Å². The number of benzene rings is 1. The van der Waals surface area contributed by atoms with E-state index in [0.29, 0.717) is 29.3 Å². The van der Waals surface area contributed by atoms with Crippen LogP contribution in [-0.2, 0) is 19.9 Å². The normalized spacial score (nSPS) is 28.1. The number of nitrogens with one attached hydrogen (secondary N) is 1. The second-order valence-electron chi connectivity index (χ2n) is 10.5. The molecule has 4 saturated heterocycles. The molecule has 0 radical (unpaired) electrons. The quantitative estimate of drug-likeness (QED) is 0.487. The number of aromatic nitrogens is 2. The van der Waals surface area contributed by atoms with Gasteiger partial charge < -0.3 is 14.5 Å². The van der Waals surface area contributed by atoms with E-state index in [1.807, 2.05) is 37.3 Å². The van der Waals surface area contributed by atoms with Crippen LogP contribution < -0.4 is 5.32 Å². The van der Waals surface area contributed by atoms with Crippen LogP contribution in [0.4, 0.5) is 5.82 Å². The molecule has 2 bridgehead atoms. The molecule has 8 heteroatoms. The number of esters is 1. The van der Waals surface area contributed by atoms with E-state index in [1.54, 1.807) is 18.6 Å². The molecule has 2 atom stereocenters. The molecule has 5 heterocycles. The van der Waals surface area contributed by atoms with Gasteiger partial charge in [0.1, 0.15) is 12.1 Å². The highest BCUT2D eigenvalue weighted by Crippen LogP contribution is 2.38. The molecule has 1 aromatic carbocycles. The Morgan fingerprint density at radius 3 is 2.54 bits per heavy atom. The summed E-state index contributed by atoms with van der Waals surface area (Å²) in [5, 5.41) is 2.87. The monoisotopic (exact) mass is 478 g/mol. The van der Waals surface area contributed by atoms with Crippen LogP contribution in [0.3, 0.4) is 0 Å². The minimum absolute atomic E-state index is 0.0710. The molecule has 2 aromatic rings. The number of carbonyl (C=O) groups excluding carboxylic acids is 2. The number of carbonyl (C=O) groups is 2. The zero-order chi connectivity index (χ0) is 24.3. The van der Waals surface area contributed by atoms with Gasteiger partial charge in [-0.25, -0.2) is 9.78 Å². The molecule has 0 saturated carbocycles. The lowest BCUT2D eigenvalue weighted by Crippen LogP contribution is -2.66. The van der Waals surface area contributed by atoms with Gasteiger partial charge in [-0.2, -0.15) is 0 Å². The highest BCUT2D eigenvalue weighted by atomic mass is 16.5.